The maximum atomic E-state index is 5.21. The number of pyridine rings is 1. The Morgan fingerprint density at radius 2 is 2.25 bits per heavy atom. The van der Waals surface area contributed by atoms with Crippen molar-refractivity contribution in [2.45, 2.75) is 45.2 Å². The van der Waals surface area contributed by atoms with Crippen LogP contribution in [0.2, 0.25) is 0 Å². The summed E-state index contributed by atoms with van der Waals surface area (Å²) in [7, 11) is 1.76. The van der Waals surface area contributed by atoms with Crippen molar-refractivity contribution in [3.8, 4) is 0 Å². The summed E-state index contributed by atoms with van der Waals surface area (Å²) >= 11 is 0. The van der Waals surface area contributed by atoms with Gasteiger partial charge in [-0.1, -0.05) is 6.92 Å². The van der Waals surface area contributed by atoms with Crippen molar-refractivity contribution < 1.29 is 4.74 Å². The molecule has 1 aliphatic carbocycles. The second-order valence-electron chi connectivity index (χ2n) is 5.53. The lowest BCUT2D eigenvalue weighted by molar-refractivity contribution is 0.205. The van der Waals surface area contributed by atoms with E-state index >= 15 is 0 Å². The van der Waals surface area contributed by atoms with E-state index in [1.54, 1.807) is 7.11 Å². The normalized spacial score (nSPS) is 16.1. The van der Waals surface area contributed by atoms with E-state index in [4.69, 9.17) is 4.74 Å². The van der Waals surface area contributed by atoms with Crippen molar-refractivity contribution in [3.63, 3.8) is 0 Å². The molecule has 1 unspecified atom stereocenters. The molecule has 0 aliphatic heterocycles. The number of hydrogen-bond acceptors (Lipinski definition) is 4. The summed E-state index contributed by atoms with van der Waals surface area (Å²) in [6.45, 7) is 7.10. The first kappa shape index (κ1) is 15.3. The third-order valence-corrected chi connectivity index (χ3v) is 3.77. The molecule has 1 aliphatic rings. The summed E-state index contributed by atoms with van der Waals surface area (Å²) in [6.07, 6.45) is 5.74. The highest BCUT2D eigenvalue weighted by molar-refractivity contribution is 5.47. The molecular formula is C16H27N3O. The average molecular weight is 277 g/mol. The Balaban J connectivity index is 1.98. The van der Waals surface area contributed by atoms with Gasteiger partial charge in [0, 0.05) is 25.7 Å². The molecule has 1 saturated carbocycles. The molecule has 0 aromatic carbocycles. The lowest BCUT2D eigenvalue weighted by Crippen LogP contribution is -2.29. The van der Waals surface area contributed by atoms with Gasteiger partial charge in [-0.3, -0.25) is 4.98 Å². The number of nitrogens with zero attached hydrogens (tertiary/aromatic N) is 2. The fourth-order valence-corrected chi connectivity index (χ4v) is 2.39. The SMILES string of the molecule is CCCNC(C)c1ccc(N(CCOC)C2CC2)cn1. The molecule has 0 saturated heterocycles. The molecule has 20 heavy (non-hydrogen) atoms. The summed E-state index contributed by atoms with van der Waals surface area (Å²) in [4.78, 5) is 7.05. The molecule has 1 heterocycles. The van der Waals surface area contributed by atoms with Crippen molar-refractivity contribution in [1.82, 2.24) is 10.3 Å². The number of anilines is 1. The van der Waals surface area contributed by atoms with Crippen LogP contribution in [0.15, 0.2) is 18.3 Å². The first-order valence-electron chi connectivity index (χ1n) is 7.71. The van der Waals surface area contributed by atoms with E-state index in [9.17, 15) is 0 Å². The molecule has 1 fully saturated rings. The summed E-state index contributed by atoms with van der Waals surface area (Å²) in [5, 5.41) is 3.47. The van der Waals surface area contributed by atoms with Crippen LogP contribution >= 0.6 is 0 Å². The monoisotopic (exact) mass is 277 g/mol. The average Bonchev–Trinajstić information content (AvgIpc) is 3.30. The number of nitrogens with one attached hydrogen (secondary N) is 1. The van der Waals surface area contributed by atoms with Crippen LogP contribution in [-0.2, 0) is 4.74 Å². The van der Waals surface area contributed by atoms with Crippen LogP contribution in [-0.4, -0.2) is 37.8 Å². The highest BCUT2D eigenvalue weighted by atomic mass is 16.5. The first-order valence-corrected chi connectivity index (χ1v) is 7.71. The zero-order chi connectivity index (χ0) is 14.4. The maximum absolute atomic E-state index is 5.21. The van der Waals surface area contributed by atoms with Gasteiger partial charge in [-0.05, 0) is 44.9 Å². The number of methoxy groups -OCH3 is 1. The van der Waals surface area contributed by atoms with E-state index in [1.807, 2.05) is 6.20 Å². The van der Waals surface area contributed by atoms with E-state index in [2.05, 4.69) is 41.2 Å². The predicted molar refractivity (Wildman–Crippen MR) is 83.2 cm³/mol. The van der Waals surface area contributed by atoms with Gasteiger partial charge in [-0.25, -0.2) is 0 Å². The minimum absolute atomic E-state index is 0.317. The molecule has 0 amide bonds. The molecule has 4 heteroatoms. The topological polar surface area (TPSA) is 37.4 Å². The standard InChI is InChI=1S/C16H27N3O/c1-4-9-17-13(2)16-8-7-15(12-18-16)19(10-11-20-3)14-5-6-14/h7-8,12-14,17H,4-6,9-11H2,1-3H3. The van der Waals surface area contributed by atoms with E-state index < -0.39 is 0 Å². The van der Waals surface area contributed by atoms with Gasteiger partial charge in [0.15, 0.2) is 0 Å². The zero-order valence-electron chi connectivity index (χ0n) is 12.9. The van der Waals surface area contributed by atoms with E-state index in [0.717, 1.165) is 31.8 Å². The second-order valence-corrected chi connectivity index (χ2v) is 5.53. The van der Waals surface area contributed by atoms with Gasteiger partial charge < -0.3 is 15.0 Å². The number of aromatic nitrogens is 1. The Morgan fingerprint density at radius 1 is 1.45 bits per heavy atom. The van der Waals surface area contributed by atoms with Gasteiger partial charge in [0.1, 0.15) is 0 Å². The van der Waals surface area contributed by atoms with Gasteiger partial charge >= 0.3 is 0 Å². The van der Waals surface area contributed by atoms with E-state index in [0.29, 0.717) is 12.1 Å². The first-order chi connectivity index (χ1) is 9.76. The minimum atomic E-state index is 0.317. The Hall–Kier alpha value is -1.13. The van der Waals surface area contributed by atoms with Gasteiger partial charge in [-0.2, -0.15) is 0 Å². The summed E-state index contributed by atoms with van der Waals surface area (Å²) < 4.78 is 5.21. The Kier molecular flexibility index (Phi) is 5.80. The Labute approximate surface area is 122 Å². The minimum Gasteiger partial charge on any atom is -0.383 e. The summed E-state index contributed by atoms with van der Waals surface area (Å²) in [6, 6.07) is 5.34. The molecule has 0 spiro atoms. The van der Waals surface area contributed by atoms with Crippen molar-refractivity contribution >= 4 is 5.69 Å². The van der Waals surface area contributed by atoms with Gasteiger partial charge in [-0.15, -0.1) is 0 Å². The highest BCUT2D eigenvalue weighted by Gasteiger charge is 2.29. The summed E-state index contributed by atoms with van der Waals surface area (Å²) in [5.74, 6) is 0. The van der Waals surface area contributed by atoms with E-state index in [1.165, 1.54) is 18.5 Å². The Bertz CT molecular complexity index is 389. The predicted octanol–water partition coefficient (Wildman–Crippen LogP) is 2.76. The number of ether oxygens (including phenoxy) is 1. The quantitative estimate of drug-likeness (QED) is 0.753. The smallest absolute Gasteiger partial charge is 0.0637 e. The lowest BCUT2D eigenvalue weighted by Gasteiger charge is -2.24. The molecule has 0 bridgehead atoms. The van der Waals surface area contributed by atoms with E-state index in [-0.39, 0.29) is 0 Å². The number of hydrogen-bond donors (Lipinski definition) is 1. The molecule has 1 atom stereocenters. The summed E-state index contributed by atoms with van der Waals surface area (Å²) in [5.41, 5.74) is 2.33. The van der Waals surface area contributed by atoms with Gasteiger partial charge in [0.2, 0.25) is 0 Å². The fraction of sp³-hybridized carbons (Fsp3) is 0.688. The van der Waals surface area contributed by atoms with Crippen molar-refractivity contribution in [1.29, 1.82) is 0 Å². The van der Waals surface area contributed by atoms with Crippen LogP contribution < -0.4 is 10.2 Å². The van der Waals surface area contributed by atoms with Crippen molar-refractivity contribution in [3.05, 3.63) is 24.0 Å². The van der Waals surface area contributed by atoms with Crippen LogP contribution in [0.1, 0.15) is 44.8 Å². The molecule has 2 rings (SSSR count). The van der Waals surface area contributed by atoms with Crippen molar-refractivity contribution in [2.75, 3.05) is 31.7 Å². The van der Waals surface area contributed by atoms with Crippen LogP contribution in [0, 0.1) is 0 Å². The van der Waals surface area contributed by atoms with Crippen LogP contribution in [0.5, 0.6) is 0 Å². The van der Waals surface area contributed by atoms with Gasteiger partial charge in [0.05, 0.1) is 24.2 Å². The lowest BCUT2D eigenvalue weighted by atomic mass is 10.2. The Morgan fingerprint density at radius 3 is 2.80 bits per heavy atom. The second kappa shape index (κ2) is 7.60. The molecule has 1 N–H and O–H groups in total. The zero-order valence-corrected chi connectivity index (χ0v) is 12.9. The molecule has 4 nitrogen and oxygen atoms in total. The highest BCUT2D eigenvalue weighted by Crippen LogP contribution is 2.31. The largest absolute Gasteiger partial charge is 0.383 e. The molecular weight excluding hydrogens is 250 g/mol. The molecule has 112 valence electrons. The maximum Gasteiger partial charge on any atom is 0.0637 e. The molecule has 1 aromatic rings. The van der Waals surface area contributed by atoms with Gasteiger partial charge in [0.25, 0.3) is 0 Å². The van der Waals surface area contributed by atoms with Crippen LogP contribution in [0.3, 0.4) is 0 Å². The van der Waals surface area contributed by atoms with Crippen molar-refractivity contribution in [2.24, 2.45) is 0 Å². The third-order valence-electron chi connectivity index (χ3n) is 3.77. The fourth-order valence-electron chi connectivity index (χ4n) is 2.39. The molecule has 0 radical (unpaired) electrons. The third kappa shape index (κ3) is 4.18. The van der Waals surface area contributed by atoms with Crippen LogP contribution in [0.4, 0.5) is 5.69 Å². The van der Waals surface area contributed by atoms with Crippen LogP contribution in [0.25, 0.3) is 0 Å². The molecule has 1 aromatic heterocycles. The number of rotatable bonds is 9.